The van der Waals surface area contributed by atoms with Crippen LogP contribution in [0.5, 0.6) is 0 Å². The van der Waals surface area contributed by atoms with Crippen LogP contribution in [0.4, 0.5) is 0 Å². The normalized spacial score (nSPS) is 24.6. The summed E-state index contributed by atoms with van der Waals surface area (Å²) in [6.45, 7) is 2.31. The molecule has 5 nitrogen and oxygen atoms in total. The minimum Gasteiger partial charge on any atom is -0.467 e. The lowest BCUT2D eigenvalue weighted by Crippen LogP contribution is -2.53. The fourth-order valence-electron chi connectivity index (χ4n) is 2.72. The van der Waals surface area contributed by atoms with Crippen molar-refractivity contribution in [3.05, 3.63) is 34.9 Å². The molecule has 1 aromatic rings. The quantitative estimate of drug-likeness (QED) is 0.709. The Kier molecular flexibility index (Phi) is 2.60. The predicted octanol–water partition coefficient (Wildman–Crippen LogP) is 1.09. The molecule has 0 aromatic heterocycles. The number of ether oxygens (including phenoxy) is 2. The van der Waals surface area contributed by atoms with Crippen LogP contribution in [0.2, 0.25) is 0 Å². The van der Waals surface area contributed by atoms with Gasteiger partial charge in [-0.2, -0.15) is 5.10 Å². The van der Waals surface area contributed by atoms with Gasteiger partial charge >= 0.3 is 5.97 Å². The molecule has 1 atom stereocenters. The number of hydrazone groups is 1. The topological polar surface area (TPSA) is 51.1 Å². The molecule has 1 heterocycles. The van der Waals surface area contributed by atoms with Gasteiger partial charge in [0.05, 0.1) is 7.11 Å². The second-order valence-corrected chi connectivity index (χ2v) is 5.04. The van der Waals surface area contributed by atoms with Crippen molar-refractivity contribution in [3.8, 4) is 0 Å². The Morgan fingerprint density at radius 1 is 1.53 bits per heavy atom. The van der Waals surface area contributed by atoms with E-state index < -0.39 is 5.60 Å². The maximum absolute atomic E-state index is 12.2. The minimum atomic E-state index is -1.07. The number of hydrogen-bond acceptors (Lipinski definition) is 5. The summed E-state index contributed by atoms with van der Waals surface area (Å²) in [5, 5.41) is 6.17. The lowest BCUT2D eigenvalue weighted by Gasteiger charge is -2.33. The van der Waals surface area contributed by atoms with Crippen LogP contribution in [0.1, 0.15) is 16.7 Å². The molecule has 0 saturated carbocycles. The number of carbonyl (C=O) groups excluding carboxylic acids is 1. The van der Waals surface area contributed by atoms with Gasteiger partial charge in [-0.05, 0) is 12.5 Å². The van der Waals surface area contributed by atoms with E-state index in [0.717, 1.165) is 16.7 Å². The number of nitrogens with zero attached hydrogens (tertiary/aromatic N) is 2. The van der Waals surface area contributed by atoms with Crippen LogP contribution in [0.3, 0.4) is 0 Å². The number of rotatable bonds is 1. The molecule has 1 aliphatic carbocycles. The van der Waals surface area contributed by atoms with Crippen LogP contribution in [0, 0.1) is 6.92 Å². The van der Waals surface area contributed by atoms with Gasteiger partial charge in [0.2, 0.25) is 5.60 Å². The zero-order valence-corrected chi connectivity index (χ0v) is 11.3. The number of fused-ring (bicyclic) bond motifs is 3. The molecule has 0 N–H and O–H groups in total. The van der Waals surface area contributed by atoms with Crippen molar-refractivity contribution in [1.82, 2.24) is 5.01 Å². The molecule has 0 amide bonds. The average molecular weight is 260 g/mol. The first-order chi connectivity index (χ1) is 9.06. The summed E-state index contributed by atoms with van der Waals surface area (Å²) in [7, 11) is 3.20. The summed E-state index contributed by atoms with van der Waals surface area (Å²) in [6, 6.07) is 6.09. The molecule has 1 aromatic carbocycles. The Labute approximate surface area is 111 Å². The van der Waals surface area contributed by atoms with Gasteiger partial charge < -0.3 is 9.47 Å². The lowest BCUT2D eigenvalue weighted by atomic mass is 9.98. The van der Waals surface area contributed by atoms with Crippen LogP contribution in [-0.4, -0.2) is 43.2 Å². The van der Waals surface area contributed by atoms with Crippen molar-refractivity contribution < 1.29 is 14.3 Å². The summed E-state index contributed by atoms with van der Waals surface area (Å²) in [5.41, 5.74) is 2.80. The first-order valence-electron chi connectivity index (χ1n) is 6.19. The third kappa shape index (κ3) is 1.65. The molecule has 100 valence electrons. The minimum absolute atomic E-state index is 0.283. The fraction of sp³-hybridized carbons (Fsp3) is 0.429. The van der Waals surface area contributed by atoms with E-state index in [2.05, 4.69) is 11.2 Å². The van der Waals surface area contributed by atoms with Crippen LogP contribution in [0.25, 0.3) is 0 Å². The Morgan fingerprint density at radius 2 is 2.32 bits per heavy atom. The second-order valence-electron chi connectivity index (χ2n) is 5.04. The largest absolute Gasteiger partial charge is 0.467 e. The van der Waals surface area contributed by atoms with E-state index in [1.807, 2.05) is 26.1 Å². The standard InChI is InChI=1S/C14H16N2O3/c1-9-4-5-11-10(6-9)7-14(13(17)18-3)12(11)15-16(2)8-19-14/h4-6H,7-8H2,1-3H3. The summed E-state index contributed by atoms with van der Waals surface area (Å²) in [5.74, 6) is -0.381. The third-order valence-electron chi connectivity index (χ3n) is 3.62. The lowest BCUT2D eigenvalue weighted by molar-refractivity contribution is -0.166. The van der Waals surface area contributed by atoms with Gasteiger partial charge in [-0.25, -0.2) is 4.79 Å². The first-order valence-corrected chi connectivity index (χ1v) is 6.19. The van der Waals surface area contributed by atoms with E-state index >= 15 is 0 Å². The van der Waals surface area contributed by atoms with Crippen molar-refractivity contribution in [2.75, 3.05) is 20.9 Å². The maximum atomic E-state index is 12.2. The van der Waals surface area contributed by atoms with Gasteiger partial charge in [-0.3, -0.25) is 5.01 Å². The maximum Gasteiger partial charge on any atom is 0.345 e. The number of carbonyl (C=O) groups is 1. The molecule has 0 radical (unpaired) electrons. The number of methoxy groups -OCH3 is 1. The van der Waals surface area contributed by atoms with Crippen molar-refractivity contribution in [1.29, 1.82) is 0 Å². The van der Waals surface area contributed by atoms with E-state index in [1.54, 1.807) is 5.01 Å². The molecule has 1 unspecified atom stereocenters. The highest BCUT2D eigenvalue weighted by Crippen LogP contribution is 2.37. The SMILES string of the molecule is COC(=O)C12Cc3cc(C)ccc3C1=NN(C)CO2. The van der Waals surface area contributed by atoms with Crippen molar-refractivity contribution >= 4 is 11.7 Å². The number of hydrogen-bond donors (Lipinski definition) is 0. The van der Waals surface area contributed by atoms with E-state index in [-0.39, 0.29) is 12.7 Å². The van der Waals surface area contributed by atoms with Crippen LogP contribution >= 0.6 is 0 Å². The first kappa shape index (κ1) is 12.2. The summed E-state index contributed by atoms with van der Waals surface area (Å²) >= 11 is 0. The Balaban J connectivity index is 2.17. The van der Waals surface area contributed by atoms with E-state index in [4.69, 9.17) is 9.47 Å². The van der Waals surface area contributed by atoms with Crippen molar-refractivity contribution in [3.63, 3.8) is 0 Å². The molecule has 0 bridgehead atoms. The molecule has 2 aliphatic rings. The summed E-state index contributed by atoms with van der Waals surface area (Å²) in [6.07, 6.45) is 0.489. The van der Waals surface area contributed by atoms with Crippen LogP contribution < -0.4 is 0 Å². The highest BCUT2D eigenvalue weighted by Gasteiger charge is 2.54. The highest BCUT2D eigenvalue weighted by atomic mass is 16.6. The average Bonchev–Trinajstić information content (AvgIpc) is 2.71. The predicted molar refractivity (Wildman–Crippen MR) is 69.9 cm³/mol. The summed E-state index contributed by atoms with van der Waals surface area (Å²) in [4.78, 5) is 12.2. The van der Waals surface area contributed by atoms with Crippen molar-refractivity contribution in [2.45, 2.75) is 18.9 Å². The van der Waals surface area contributed by atoms with E-state index in [9.17, 15) is 4.79 Å². The molecular weight excluding hydrogens is 244 g/mol. The molecule has 3 rings (SSSR count). The third-order valence-corrected chi connectivity index (χ3v) is 3.62. The van der Waals surface area contributed by atoms with Gasteiger partial charge in [-0.1, -0.05) is 23.8 Å². The monoisotopic (exact) mass is 260 g/mol. The Bertz CT molecular complexity index is 582. The van der Waals surface area contributed by atoms with Gasteiger partial charge in [0.1, 0.15) is 12.4 Å². The smallest absolute Gasteiger partial charge is 0.345 e. The highest BCUT2D eigenvalue weighted by molar-refractivity contribution is 6.21. The molecule has 0 spiro atoms. The zero-order chi connectivity index (χ0) is 13.6. The molecule has 0 fully saturated rings. The zero-order valence-electron chi connectivity index (χ0n) is 11.3. The van der Waals surface area contributed by atoms with Gasteiger partial charge in [-0.15, -0.1) is 0 Å². The molecule has 5 heteroatoms. The van der Waals surface area contributed by atoms with Crippen LogP contribution in [0.15, 0.2) is 23.3 Å². The molecule has 19 heavy (non-hydrogen) atoms. The number of aryl methyl sites for hydroxylation is 1. The van der Waals surface area contributed by atoms with Crippen LogP contribution in [-0.2, 0) is 20.7 Å². The molecule has 1 aliphatic heterocycles. The molecule has 0 saturated heterocycles. The van der Waals surface area contributed by atoms with Gasteiger partial charge in [0.25, 0.3) is 0 Å². The summed E-state index contributed by atoms with van der Waals surface area (Å²) < 4.78 is 10.7. The van der Waals surface area contributed by atoms with Gasteiger partial charge in [0, 0.05) is 19.0 Å². The number of esters is 1. The second kappa shape index (κ2) is 4.06. The van der Waals surface area contributed by atoms with Crippen molar-refractivity contribution in [2.24, 2.45) is 5.10 Å². The fourth-order valence-corrected chi connectivity index (χ4v) is 2.72. The van der Waals surface area contributed by atoms with Gasteiger partial charge in [0.15, 0.2) is 0 Å². The Hall–Kier alpha value is -1.88. The number of benzene rings is 1. The van der Waals surface area contributed by atoms with E-state index in [0.29, 0.717) is 12.1 Å². The van der Waals surface area contributed by atoms with E-state index in [1.165, 1.54) is 7.11 Å². The Morgan fingerprint density at radius 3 is 3.05 bits per heavy atom. The molecular formula is C14H16N2O3.